The second kappa shape index (κ2) is 6.48. The Morgan fingerprint density at radius 1 is 1.42 bits per heavy atom. The molecule has 1 aromatic rings. The number of aliphatic hydroxyl groups excluding tert-OH is 1. The average molecular weight is 267 g/mol. The summed E-state index contributed by atoms with van der Waals surface area (Å²) in [4.78, 5) is 4.27. The summed E-state index contributed by atoms with van der Waals surface area (Å²) in [6.07, 6.45) is 7.98. The zero-order valence-corrected chi connectivity index (χ0v) is 12.0. The maximum atomic E-state index is 10.6. The summed E-state index contributed by atoms with van der Waals surface area (Å²) < 4.78 is 7.57. The number of aryl methyl sites for hydroxylation is 1. The molecule has 5 nitrogen and oxygen atoms in total. The first kappa shape index (κ1) is 14.5. The van der Waals surface area contributed by atoms with Crippen molar-refractivity contribution < 1.29 is 9.84 Å². The van der Waals surface area contributed by atoms with Crippen molar-refractivity contribution in [2.24, 2.45) is 0 Å². The van der Waals surface area contributed by atoms with Gasteiger partial charge in [0.1, 0.15) is 12.2 Å². The highest BCUT2D eigenvalue weighted by Crippen LogP contribution is 2.35. The van der Waals surface area contributed by atoms with E-state index in [1.807, 2.05) is 4.68 Å². The quantitative estimate of drug-likeness (QED) is 0.855. The lowest BCUT2D eigenvalue weighted by Crippen LogP contribution is -2.47. The third-order valence-electron chi connectivity index (χ3n) is 4.22. The van der Waals surface area contributed by atoms with Gasteiger partial charge in [0.05, 0.1) is 11.7 Å². The molecule has 5 heteroatoms. The Kier molecular flexibility index (Phi) is 4.93. The maximum absolute atomic E-state index is 10.6. The molecular weight excluding hydrogens is 242 g/mol. The Balaban J connectivity index is 2.06. The molecule has 0 amide bonds. The molecule has 1 aromatic heterocycles. The van der Waals surface area contributed by atoms with E-state index in [1.54, 1.807) is 13.4 Å². The Labute approximate surface area is 115 Å². The number of nitrogens with zero attached hydrogens (tertiary/aromatic N) is 3. The number of methoxy groups -OCH3 is 1. The molecular formula is C14H25N3O2. The largest absolute Gasteiger partial charge is 0.390 e. The van der Waals surface area contributed by atoms with Crippen LogP contribution in [-0.2, 0) is 17.7 Å². The highest BCUT2D eigenvalue weighted by atomic mass is 16.5. The van der Waals surface area contributed by atoms with Gasteiger partial charge in [0.25, 0.3) is 0 Å². The minimum absolute atomic E-state index is 0.388. The van der Waals surface area contributed by atoms with Gasteiger partial charge in [-0.15, -0.1) is 0 Å². The van der Waals surface area contributed by atoms with Crippen LogP contribution in [0.5, 0.6) is 0 Å². The van der Waals surface area contributed by atoms with Gasteiger partial charge in [-0.05, 0) is 19.3 Å². The van der Waals surface area contributed by atoms with E-state index in [0.29, 0.717) is 6.42 Å². The SMILES string of the molecule is CCCn1ncnc1CC(O)C1(OC)CCCCC1. The van der Waals surface area contributed by atoms with E-state index in [2.05, 4.69) is 17.0 Å². The molecule has 0 bridgehead atoms. The second-order valence-electron chi connectivity index (χ2n) is 5.45. The summed E-state index contributed by atoms with van der Waals surface area (Å²) in [6.45, 7) is 2.96. The first-order chi connectivity index (χ1) is 9.22. The molecule has 0 radical (unpaired) electrons. The van der Waals surface area contributed by atoms with Gasteiger partial charge in [0.15, 0.2) is 0 Å². The zero-order valence-electron chi connectivity index (χ0n) is 12.0. The van der Waals surface area contributed by atoms with Crippen LogP contribution in [0, 0.1) is 0 Å². The number of aromatic nitrogens is 3. The van der Waals surface area contributed by atoms with E-state index in [9.17, 15) is 5.11 Å². The number of hydrogen-bond donors (Lipinski definition) is 1. The number of ether oxygens (including phenoxy) is 1. The lowest BCUT2D eigenvalue weighted by Gasteiger charge is -2.39. The first-order valence-corrected chi connectivity index (χ1v) is 7.32. The standard InChI is InChI=1S/C14H25N3O2/c1-3-9-17-13(15-11-16-17)10-12(18)14(19-2)7-5-4-6-8-14/h11-12,18H,3-10H2,1-2H3. The molecule has 1 aliphatic carbocycles. The van der Waals surface area contributed by atoms with E-state index in [1.165, 1.54) is 6.42 Å². The molecule has 1 atom stereocenters. The van der Waals surface area contributed by atoms with Crippen LogP contribution < -0.4 is 0 Å². The summed E-state index contributed by atoms with van der Waals surface area (Å²) in [5, 5.41) is 14.8. The molecule has 1 saturated carbocycles. The third kappa shape index (κ3) is 3.15. The number of hydrogen-bond acceptors (Lipinski definition) is 4. The third-order valence-corrected chi connectivity index (χ3v) is 4.22. The smallest absolute Gasteiger partial charge is 0.138 e. The topological polar surface area (TPSA) is 60.2 Å². The fourth-order valence-electron chi connectivity index (χ4n) is 3.03. The molecule has 108 valence electrons. The summed E-state index contributed by atoms with van der Waals surface area (Å²) in [7, 11) is 1.71. The van der Waals surface area contributed by atoms with Gasteiger partial charge in [-0.2, -0.15) is 5.10 Å². The number of aliphatic hydroxyl groups is 1. The molecule has 1 aliphatic rings. The van der Waals surface area contributed by atoms with Crippen LogP contribution in [0.4, 0.5) is 0 Å². The van der Waals surface area contributed by atoms with Crippen molar-refractivity contribution in [3.8, 4) is 0 Å². The predicted molar refractivity (Wildman–Crippen MR) is 72.8 cm³/mol. The molecule has 1 N–H and O–H groups in total. The van der Waals surface area contributed by atoms with Gasteiger partial charge >= 0.3 is 0 Å². The molecule has 2 rings (SSSR count). The van der Waals surface area contributed by atoms with Crippen LogP contribution in [-0.4, -0.2) is 38.7 Å². The lowest BCUT2D eigenvalue weighted by atomic mass is 9.79. The van der Waals surface area contributed by atoms with Crippen molar-refractivity contribution in [3.63, 3.8) is 0 Å². The molecule has 1 heterocycles. The van der Waals surface area contributed by atoms with Gasteiger partial charge in [-0.1, -0.05) is 26.2 Å². The van der Waals surface area contributed by atoms with Crippen LogP contribution in [0.2, 0.25) is 0 Å². The van der Waals surface area contributed by atoms with E-state index < -0.39 is 6.10 Å². The molecule has 19 heavy (non-hydrogen) atoms. The molecule has 0 aliphatic heterocycles. The van der Waals surface area contributed by atoms with Gasteiger partial charge in [0, 0.05) is 20.1 Å². The first-order valence-electron chi connectivity index (χ1n) is 7.32. The predicted octanol–water partition coefficient (Wildman–Crippen LogP) is 1.94. The van der Waals surface area contributed by atoms with Crippen molar-refractivity contribution in [1.29, 1.82) is 0 Å². The summed E-state index contributed by atoms with van der Waals surface area (Å²) in [5.74, 6) is 0.858. The second-order valence-corrected chi connectivity index (χ2v) is 5.45. The van der Waals surface area contributed by atoms with Crippen molar-refractivity contribution in [1.82, 2.24) is 14.8 Å². The Morgan fingerprint density at radius 3 is 2.79 bits per heavy atom. The zero-order chi connectivity index (χ0) is 13.7. The van der Waals surface area contributed by atoms with E-state index in [0.717, 1.165) is 44.5 Å². The van der Waals surface area contributed by atoms with Gasteiger partial charge in [-0.25, -0.2) is 4.98 Å². The Hall–Kier alpha value is -0.940. The van der Waals surface area contributed by atoms with Crippen LogP contribution in [0.1, 0.15) is 51.3 Å². The highest BCUT2D eigenvalue weighted by Gasteiger charge is 2.39. The minimum Gasteiger partial charge on any atom is -0.390 e. The highest BCUT2D eigenvalue weighted by molar-refractivity contribution is 4.97. The fraction of sp³-hybridized carbons (Fsp3) is 0.857. The maximum Gasteiger partial charge on any atom is 0.138 e. The monoisotopic (exact) mass is 267 g/mol. The summed E-state index contributed by atoms with van der Waals surface area (Å²) in [6, 6.07) is 0. The van der Waals surface area contributed by atoms with Crippen molar-refractivity contribution in [3.05, 3.63) is 12.2 Å². The van der Waals surface area contributed by atoms with Gasteiger partial charge in [-0.3, -0.25) is 4.68 Å². The Bertz CT molecular complexity index is 386. The summed E-state index contributed by atoms with van der Waals surface area (Å²) in [5.41, 5.74) is -0.388. The molecule has 0 aromatic carbocycles. The summed E-state index contributed by atoms with van der Waals surface area (Å²) >= 11 is 0. The van der Waals surface area contributed by atoms with Gasteiger partial charge < -0.3 is 9.84 Å². The average Bonchev–Trinajstić information content (AvgIpc) is 2.87. The normalized spacial score (nSPS) is 20.4. The van der Waals surface area contributed by atoms with Crippen LogP contribution in [0.15, 0.2) is 6.33 Å². The fourth-order valence-corrected chi connectivity index (χ4v) is 3.03. The minimum atomic E-state index is -0.502. The molecule has 0 spiro atoms. The lowest BCUT2D eigenvalue weighted by molar-refractivity contribution is -0.123. The van der Waals surface area contributed by atoms with Crippen molar-refractivity contribution in [2.75, 3.05) is 7.11 Å². The Morgan fingerprint density at radius 2 is 2.16 bits per heavy atom. The van der Waals surface area contributed by atoms with Crippen molar-refractivity contribution in [2.45, 2.75) is 70.1 Å². The van der Waals surface area contributed by atoms with Crippen LogP contribution in [0.3, 0.4) is 0 Å². The van der Waals surface area contributed by atoms with E-state index >= 15 is 0 Å². The molecule has 1 fully saturated rings. The number of rotatable bonds is 6. The van der Waals surface area contributed by atoms with E-state index in [4.69, 9.17) is 4.74 Å². The molecule has 1 unspecified atom stereocenters. The van der Waals surface area contributed by atoms with Crippen molar-refractivity contribution >= 4 is 0 Å². The van der Waals surface area contributed by atoms with Gasteiger partial charge in [0.2, 0.25) is 0 Å². The van der Waals surface area contributed by atoms with Crippen LogP contribution >= 0.6 is 0 Å². The van der Waals surface area contributed by atoms with Crippen LogP contribution in [0.25, 0.3) is 0 Å². The van der Waals surface area contributed by atoms with E-state index in [-0.39, 0.29) is 5.60 Å². The molecule has 0 saturated heterocycles.